The number of nitrogens with one attached hydrogen (secondary N) is 1. The first-order valence-electron chi connectivity index (χ1n) is 8.13. The van der Waals surface area contributed by atoms with E-state index >= 15 is 0 Å². The minimum atomic E-state index is -0.604. The Hall–Kier alpha value is -2.43. The average Bonchev–Trinajstić information content (AvgIpc) is 3.06. The van der Waals surface area contributed by atoms with E-state index in [0.29, 0.717) is 18.7 Å². The van der Waals surface area contributed by atoms with Gasteiger partial charge in [0.1, 0.15) is 5.58 Å². The first kappa shape index (κ1) is 16.4. The monoisotopic (exact) mass is 323 g/mol. The Balaban J connectivity index is 1.53. The number of ketones is 1. The molecule has 1 heterocycles. The number of hydrogen-bond donors (Lipinski definition) is 2. The number of carbonyl (C=O) groups is 1. The van der Waals surface area contributed by atoms with Gasteiger partial charge in [0.2, 0.25) is 0 Å². The van der Waals surface area contributed by atoms with Crippen molar-refractivity contribution in [1.82, 2.24) is 5.32 Å². The maximum atomic E-state index is 12.2. The van der Waals surface area contributed by atoms with Crippen molar-refractivity contribution in [3.8, 4) is 0 Å². The number of Topliss-reactive ketones (excluding diaryl/α,β-unsaturated/α-hetero) is 1. The van der Waals surface area contributed by atoms with Gasteiger partial charge in [-0.3, -0.25) is 4.79 Å². The van der Waals surface area contributed by atoms with Crippen LogP contribution in [0.4, 0.5) is 0 Å². The van der Waals surface area contributed by atoms with E-state index in [0.717, 1.165) is 16.5 Å². The lowest BCUT2D eigenvalue weighted by Gasteiger charge is -2.20. The van der Waals surface area contributed by atoms with Crippen LogP contribution in [0.2, 0.25) is 0 Å². The van der Waals surface area contributed by atoms with Crippen LogP contribution in [0.3, 0.4) is 0 Å². The maximum Gasteiger partial charge on any atom is 0.199 e. The van der Waals surface area contributed by atoms with Gasteiger partial charge >= 0.3 is 0 Å². The summed E-state index contributed by atoms with van der Waals surface area (Å²) in [5.41, 5.74) is 1.59. The Bertz CT molecular complexity index is 777. The Morgan fingerprint density at radius 3 is 2.58 bits per heavy atom. The van der Waals surface area contributed by atoms with Crippen LogP contribution in [-0.4, -0.2) is 23.5 Å². The second kappa shape index (κ2) is 7.43. The van der Waals surface area contributed by atoms with Crippen molar-refractivity contribution in [3.63, 3.8) is 0 Å². The van der Waals surface area contributed by atoms with Gasteiger partial charge in [0.05, 0.1) is 6.10 Å². The summed E-state index contributed by atoms with van der Waals surface area (Å²) in [6, 6.07) is 18.7. The van der Waals surface area contributed by atoms with Crippen molar-refractivity contribution in [2.75, 3.05) is 6.54 Å². The standard InChI is InChI=1S/C20H21NO3/c1-14(20(23)15-7-3-2-4-8-15)21-12-11-17(22)19-13-16-9-5-6-10-18(16)24-19/h2-10,13-14,20-21,23H,11-12H2,1H3. The summed E-state index contributed by atoms with van der Waals surface area (Å²) in [5.74, 6) is 0.342. The van der Waals surface area contributed by atoms with Crippen LogP contribution in [0, 0.1) is 0 Å². The van der Waals surface area contributed by atoms with Crippen molar-refractivity contribution >= 4 is 16.8 Å². The number of fused-ring (bicyclic) bond motifs is 1. The molecule has 4 nitrogen and oxygen atoms in total. The molecule has 0 aliphatic carbocycles. The zero-order chi connectivity index (χ0) is 16.9. The second-order valence-corrected chi connectivity index (χ2v) is 5.92. The van der Waals surface area contributed by atoms with Gasteiger partial charge in [-0.1, -0.05) is 48.5 Å². The number of aliphatic hydroxyl groups is 1. The molecule has 0 aliphatic heterocycles. The smallest absolute Gasteiger partial charge is 0.199 e. The third kappa shape index (κ3) is 3.72. The number of benzene rings is 2. The molecule has 1 aromatic heterocycles. The SMILES string of the molecule is CC(NCCC(=O)c1cc2ccccc2o1)C(O)c1ccccc1. The third-order valence-corrected chi connectivity index (χ3v) is 4.13. The largest absolute Gasteiger partial charge is 0.453 e. The molecular weight excluding hydrogens is 302 g/mol. The van der Waals surface area contributed by atoms with E-state index in [4.69, 9.17) is 4.42 Å². The highest BCUT2D eigenvalue weighted by molar-refractivity contribution is 5.97. The highest BCUT2D eigenvalue weighted by atomic mass is 16.3. The van der Waals surface area contributed by atoms with Gasteiger partial charge in [0.15, 0.2) is 11.5 Å². The molecule has 124 valence electrons. The Morgan fingerprint density at radius 2 is 1.83 bits per heavy atom. The predicted molar refractivity (Wildman–Crippen MR) is 94.0 cm³/mol. The number of furan rings is 1. The molecule has 0 saturated carbocycles. The lowest BCUT2D eigenvalue weighted by Crippen LogP contribution is -2.33. The Labute approximate surface area is 141 Å². The summed E-state index contributed by atoms with van der Waals surface area (Å²) in [7, 11) is 0. The zero-order valence-electron chi connectivity index (χ0n) is 13.6. The van der Waals surface area contributed by atoms with Crippen LogP contribution in [0.15, 0.2) is 65.1 Å². The lowest BCUT2D eigenvalue weighted by molar-refractivity contribution is 0.0948. The van der Waals surface area contributed by atoms with Crippen molar-refractivity contribution in [1.29, 1.82) is 0 Å². The van der Waals surface area contributed by atoms with E-state index in [1.54, 1.807) is 6.07 Å². The average molecular weight is 323 g/mol. The molecule has 3 rings (SSSR count). The molecule has 0 fully saturated rings. The van der Waals surface area contributed by atoms with E-state index in [1.807, 2.05) is 61.5 Å². The van der Waals surface area contributed by atoms with Crippen molar-refractivity contribution in [2.45, 2.75) is 25.5 Å². The van der Waals surface area contributed by atoms with E-state index in [-0.39, 0.29) is 11.8 Å². The fourth-order valence-corrected chi connectivity index (χ4v) is 2.71. The third-order valence-electron chi connectivity index (χ3n) is 4.13. The van der Waals surface area contributed by atoms with Crippen LogP contribution < -0.4 is 5.32 Å². The molecule has 0 aliphatic rings. The van der Waals surface area contributed by atoms with Gasteiger partial charge in [0, 0.05) is 24.4 Å². The molecule has 4 heteroatoms. The zero-order valence-corrected chi connectivity index (χ0v) is 13.6. The fourth-order valence-electron chi connectivity index (χ4n) is 2.71. The molecule has 0 bridgehead atoms. The minimum absolute atomic E-state index is 0.0416. The molecular formula is C20H21NO3. The molecule has 24 heavy (non-hydrogen) atoms. The number of aliphatic hydroxyl groups excluding tert-OH is 1. The Kier molecular flexibility index (Phi) is 5.08. The van der Waals surface area contributed by atoms with Crippen LogP contribution in [0.1, 0.15) is 35.6 Å². The highest BCUT2D eigenvalue weighted by Crippen LogP contribution is 2.20. The number of hydrogen-bond acceptors (Lipinski definition) is 4. The predicted octanol–water partition coefficient (Wildman–Crippen LogP) is 3.72. The molecule has 0 radical (unpaired) electrons. The summed E-state index contributed by atoms with van der Waals surface area (Å²) >= 11 is 0. The summed E-state index contributed by atoms with van der Waals surface area (Å²) in [6.07, 6.45) is -0.279. The van der Waals surface area contributed by atoms with Crippen molar-refractivity contribution in [2.24, 2.45) is 0 Å². The first-order valence-corrected chi connectivity index (χ1v) is 8.13. The molecule has 3 aromatic rings. The molecule has 2 N–H and O–H groups in total. The van der Waals surface area contributed by atoms with Crippen molar-refractivity contribution < 1.29 is 14.3 Å². The van der Waals surface area contributed by atoms with Gasteiger partial charge < -0.3 is 14.8 Å². The first-order chi connectivity index (χ1) is 11.6. The molecule has 0 amide bonds. The lowest BCUT2D eigenvalue weighted by atomic mass is 10.0. The summed E-state index contributed by atoms with van der Waals surface area (Å²) < 4.78 is 5.58. The van der Waals surface area contributed by atoms with Gasteiger partial charge in [-0.05, 0) is 24.6 Å². The molecule has 2 atom stereocenters. The van der Waals surface area contributed by atoms with Crippen molar-refractivity contribution in [3.05, 3.63) is 72.0 Å². The Morgan fingerprint density at radius 1 is 1.12 bits per heavy atom. The molecule has 0 spiro atoms. The number of rotatable bonds is 7. The second-order valence-electron chi connectivity index (χ2n) is 5.92. The van der Waals surface area contributed by atoms with Crippen LogP contribution >= 0.6 is 0 Å². The van der Waals surface area contributed by atoms with Gasteiger partial charge in [-0.25, -0.2) is 0 Å². The normalized spacial score (nSPS) is 13.8. The topological polar surface area (TPSA) is 62.5 Å². The van der Waals surface area contributed by atoms with Crippen LogP contribution in [0.25, 0.3) is 11.0 Å². The van der Waals surface area contributed by atoms with Gasteiger partial charge in [-0.15, -0.1) is 0 Å². The summed E-state index contributed by atoms with van der Waals surface area (Å²) in [5, 5.41) is 14.4. The fraction of sp³-hybridized carbons (Fsp3) is 0.250. The van der Waals surface area contributed by atoms with Gasteiger partial charge in [-0.2, -0.15) is 0 Å². The van der Waals surface area contributed by atoms with Gasteiger partial charge in [0.25, 0.3) is 0 Å². The summed E-state index contributed by atoms with van der Waals surface area (Å²) in [6.45, 7) is 2.39. The van der Waals surface area contributed by atoms with E-state index in [2.05, 4.69) is 5.32 Å². The minimum Gasteiger partial charge on any atom is -0.453 e. The van der Waals surface area contributed by atoms with E-state index in [1.165, 1.54) is 0 Å². The molecule has 0 saturated heterocycles. The van der Waals surface area contributed by atoms with Crippen LogP contribution in [-0.2, 0) is 0 Å². The molecule has 2 unspecified atom stereocenters. The molecule has 2 aromatic carbocycles. The number of carbonyl (C=O) groups excluding carboxylic acids is 1. The highest BCUT2D eigenvalue weighted by Gasteiger charge is 2.17. The summed E-state index contributed by atoms with van der Waals surface area (Å²) in [4.78, 5) is 12.2. The van der Waals surface area contributed by atoms with E-state index < -0.39 is 6.10 Å². The quantitative estimate of drug-likeness (QED) is 0.651. The van der Waals surface area contributed by atoms with Crippen LogP contribution in [0.5, 0.6) is 0 Å². The number of para-hydroxylation sites is 1. The maximum absolute atomic E-state index is 12.2. The van der Waals surface area contributed by atoms with E-state index in [9.17, 15) is 9.90 Å².